The summed E-state index contributed by atoms with van der Waals surface area (Å²) >= 11 is 5.88. The molecule has 0 unspecified atom stereocenters. The van der Waals surface area contributed by atoms with Crippen LogP contribution >= 0.6 is 11.6 Å². The van der Waals surface area contributed by atoms with Crippen LogP contribution in [0, 0.1) is 5.92 Å². The first-order valence-corrected chi connectivity index (χ1v) is 5.12. The minimum atomic E-state index is -0.313. The van der Waals surface area contributed by atoms with Crippen molar-refractivity contribution in [2.45, 2.75) is 13.0 Å². The molecule has 1 saturated heterocycles. The number of cyclic esters (lactones) is 1. The third-order valence-electron chi connectivity index (χ3n) is 2.68. The van der Waals surface area contributed by atoms with Crippen LogP contribution in [0.3, 0.4) is 0 Å². The Labute approximate surface area is 93.5 Å². The van der Waals surface area contributed by atoms with Crippen molar-refractivity contribution < 1.29 is 9.53 Å². The number of esters is 1. The van der Waals surface area contributed by atoms with Gasteiger partial charge in [0.2, 0.25) is 0 Å². The predicted octanol–water partition coefficient (Wildman–Crippen LogP) is 3.13. The van der Waals surface area contributed by atoms with Crippen LogP contribution in [0.15, 0.2) is 36.4 Å². The minimum Gasteiger partial charge on any atom is -0.453 e. The summed E-state index contributed by atoms with van der Waals surface area (Å²) in [7, 11) is 0. The molecule has 2 atom stereocenters. The first-order valence-electron chi connectivity index (χ1n) is 4.75. The largest absolute Gasteiger partial charge is 0.453 e. The van der Waals surface area contributed by atoms with Crippen LogP contribution in [0.5, 0.6) is 0 Å². The highest BCUT2D eigenvalue weighted by molar-refractivity contribution is 6.30. The molecule has 2 nitrogen and oxygen atoms in total. The van der Waals surface area contributed by atoms with E-state index in [0.29, 0.717) is 10.6 Å². The Kier molecular flexibility index (Phi) is 2.53. The second-order valence-electron chi connectivity index (χ2n) is 3.69. The number of carbonyl (C=O) groups is 1. The van der Waals surface area contributed by atoms with Gasteiger partial charge in [-0.25, -0.2) is 4.79 Å². The average molecular weight is 223 g/mol. The maximum absolute atomic E-state index is 11.3. The number of benzene rings is 1. The third kappa shape index (κ3) is 1.77. The zero-order valence-corrected chi connectivity index (χ0v) is 9.12. The highest BCUT2D eigenvalue weighted by atomic mass is 35.5. The molecular formula is C12H11ClO2. The molecule has 0 saturated carbocycles. The van der Waals surface area contributed by atoms with Crippen molar-refractivity contribution in [3.63, 3.8) is 0 Å². The molecule has 1 aliphatic rings. The minimum absolute atomic E-state index is 0.0102. The van der Waals surface area contributed by atoms with Crippen molar-refractivity contribution in [3.8, 4) is 0 Å². The Morgan fingerprint density at radius 3 is 2.73 bits per heavy atom. The zero-order chi connectivity index (χ0) is 11.0. The summed E-state index contributed by atoms with van der Waals surface area (Å²) in [4.78, 5) is 11.3. The number of ether oxygens (including phenoxy) is 1. The van der Waals surface area contributed by atoms with Gasteiger partial charge in [0.25, 0.3) is 0 Å². The summed E-state index contributed by atoms with van der Waals surface area (Å²) in [6, 6.07) is 7.36. The van der Waals surface area contributed by atoms with E-state index in [0.717, 1.165) is 5.56 Å². The van der Waals surface area contributed by atoms with Crippen molar-refractivity contribution in [2.24, 2.45) is 5.92 Å². The molecule has 0 spiro atoms. The van der Waals surface area contributed by atoms with Crippen molar-refractivity contribution in [1.29, 1.82) is 0 Å². The lowest BCUT2D eigenvalue weighted by molar-refractivity contribution is -0.139. The third-order valence-corrected chi connectivity index (χ3v) is 2.91. The summed E-state index contributed by atoms with van der Waals surface area (Å²) in [5.74, 6) is -0.302. The lowest BCUT2D eigenvalue weighted by atomic mass is 9.94. The van der Waals surface area contributed by atoms with Crippen LogP contribution in [-0.2, 0) is 9.53 Å². The van der Waals surface area contributed by atoms with Gasteiger partial charge in [0.05, 0.1) is 0 Å². The van der Waals surface area contributed by atoms with E-state index in [1.54, 1.807) is 6.07 Å². The highest BCUT2D eigenvalue weighted by Gasteiger charge is 2.36. The van der Waals surface area contributed by atoms with Crippen LogP contribution in [0.1, 0.15) is 18.6 Å². The molecule has 2 rings (SSSR count). The molecule has 1 aromatic carbocycles. The second kappa shape index (κ2) is 3.70. The Morgan fingerprint density at radius 2 is 2.20 bits per heavy atom. The number of rotatable bonds is 1. The Hall–Kier alpha value is -1.28. The second-order valence-corrected chi connectivity index (χ2v) is 4.13. The van der Waals surface area contributed by atoms with Gasteiger partial charge in [-0.1, -0.05) is 37.2 Å². The van der Waals surface area contributed by atoms with Gasteiger partial charge in [0.1, 0.15) is 6.10 Å². The first kappa shape index (κ1) is 10.2. The van der Waals surface area contributed by atoms with Crippen molar-refractivity contribution in [3.05, 3.63) is 47.0 Å². The van der Waals surface area contributed by atoms with Gasteiger partial charge >= 0.3 is 5.97 Å². The summed E-state index contributed by atoms with van der Waals surface area (Å²) in [6.07, 6.45) is -0.247. The van der Waals surface area contributed by atoms with Gasteiger partial charge in [-0.3, -0.25) is 0 Å². The van der Waals surface area contributed by atoms with E-state index < -0.39 is 0 Å². The maximum Gasteiger partial charge on any atom is 0.334 e. The molecule has 0 aliphatic carbocycles. The van der Waals surface area contributed by atoms with Crippen LogP contribution in [0.25, 0.3) is 0 Å². The van der Waals surface area contributed by atoms with E-state index in [-0.39, 0.29) is 18.0 Å². The molecule has 3 heteroatoms. The molecular weight excluding hydrogens is 212 g/mol. The fraction of sp³-hybridized carbons (Fsp3) is 0.250. The van der Waals surface area contributed by atoms with E-state index in [1.165, 1.54) is 0 Å². The monoisotopic (exact) mass is 222 g/mol. The Morgan fingerprint density at radius 1 is 1.47 bits per heavy atom. The fourth-order valence-corrected chi connectivity index (χ4v) is 1.90. The van der Waals surface area contributed by atoms with Gasteiger partial charge in [-0.05, 0) is 17.7 Å². The lowest BCUT2D eigenvalue weighted by Crippen LogP contribution is -2.04. The molecule has 0 N–H and O–H groups in total. The summed E-state index contributed by atoms with van der Waals surface area (Å²) in [5.41, 5.74) is 1.45. The van der Waals surface area contributed by atoms with Gasteiger partial charge in [0, 0.05) is 16.5 Å². The van der Waals surface area contributed by atoms with Gasteiger partial charge < -0.3 is 4.74 Å². The van der Waals surface area contributed by atoms with Gasteiger partial charge in [-0.2, -0.15) is 0 Å². The standard InChI is InChI=1S/C12H11ClO2/c1-7-8(2)12(14)15-11(7)9-4-3-5-10(13)6-9/h3-7,11H,2H2,1H3/t7-,11-/m0/s1. The quantitative estimate of drug-likeness (QED) is 0.539. The van der Waals surface area contributed by atoms with Crippen LogP contribution in [0.2, 0.25) is 5.02 Å². The van der Waals surface area contributed by atoms with Crippen molar-refractivity contribution in [2.75, 3.05) is 0 Å². The number of hydrogen-bond acceptors (Lipinski definition) is 2. The average Bonchev–Trinajstić information content (AvgIpc) is 2.46. The molecule has 1 fully saturated rings. The van der Waals surface area contributed by atoms with E-state index in [1.807, 2.05) is 25.1 Å². The molecule has 78 valence electrons. The fourth-order valence-electron chi connectivity index (χ4n) is 1.70. The summed E-state index contributed by atoms with van der Waals surface area (Å²) < 4.78 is 5.23. The van der Waals surface area contributed by atoms with Crippen molar-refractivity contribution in [1.82, 2.24) is 0 Å². The van der Waals surface area contributed by atoms with Crippen molar-refractivity contribution >= 4 is 17.6 Å². The number of carbonyl (C=O) groups excluding carboxylic acids is 1. The zero-order valence-electron chi connectivity index (χ0n) is 8.37. The molecule has 0 radical (unpaired) electrons. The molecule has 1 aromatic rings. The van der Waals surface area contributed by atoms with E-state index in [9.17, 15) is 4.79 Å². The highest BCUT2D eigenvalue weighted by Crippen LogP contribution is 2.38. The number of hydrogen-bond donors (Lipinski definition) is 0. The SMILES string of the molecule is C=C1C(=O)O[C@H](c2cccc(Cl)c2)[C@H]1C. The van der Waals surface area contributed by atoms with Gasteiger partial charge in [0.15, 0.2) is 0 Å². The molecule has 1 aliphatic heterocycles. The van der Waals surface area contributed by atoms with E-state index >= 15 is 0 Å². The lowest BCUT2D eigenvalue weighted by Gasteiger charge is -2.13. The molecule has 15 heavy (non-hydrogen) atoms. The van der Waals surface area contributed by atoms with Crippen LogP contribution in [-0.4, -0.2) is 5.97 Å². The molecule has 0 bridgehead atoms. The Balaban J connectivity index is 2.33. The van der Waals surface area contributed by atoms with E-state index in [2.05, 4.69) is 6.58 Å². The summed E-state index contributed by atoms with van der Waals surface area (Å²) in [6.45, 7) is 5.64. The van der Waals surface area contributed by atoms with Crippen LogP contribution < -0.4 is 0 Å². The van der Waals surface area contributed by atoms with Gasteiger partial charge in [-0.15, -0.1) is 0 Å². The molecule has 0 amide bonds. The Bertz CT molecular complexity index is 425. The summed E-state index contributed by atoms with van der Waals surface area (Å²) in [5, 5.41) is 0.647. The topological polar surface area (TPSA) is 26.3 Å². The van der Waals surface area contributed by atoms with Crippen LogP contribution in [0.4, 0.5) is 0 Å². The normalized spacial score (nSPS) is 25.5. The van der Waals surface area contributed by atoms with E-state index in [4.69, 9.17) is 16.3 Å². The smallest absolute Gasteiger partial charge is 0.334 e. The first-order chi connectivity index (χ1) is 7.09. The predicted molar refractivity (Wildman–Crippen MR) is 58.6 cm³/mol. The molecule has 1 heterocycles. The maximum atomic E-state index is 11.3. The molecule has 0 aromatic heterocycles. The number of halogens is 1.